The van der Waals surface area contributed by atoms with Crippen molar-refractivity contribution in [3.05, 3.63) is 0 Å². The van der Waals surface area contributed by atoms with Gasteiger partial charge < -0.3 is 4.74 Å². The van der Waals surface area contributed by atoms with Crippen molar-refractivity contribution in [1.82, 2.24) is 4.90 Å². The summed E-state index contributed by atoms with van der Waals surface area (Å²) in [6.45, 7) is 8.65. The lowest BCUT2D eigenvalue weighted by atomic mass is 9.96. The number of sulfone groups is 1. The van der Waals surface area contributed by atoms with Crippen molar-refractivity contribution in [3.8, 4) is 0 Å². The van der Waals surface area contributed by atoms with E-state index in [0.29, 0.717) is 0 Å². The molecule has 2 atom stereocenters. The van der Waals surface area contributed by atoms with Gasteiger partial charge in [-0.15, -0.1) is 0 Å². The second kappa shape index (κ2) is 3.43. The van der Waals surface area contributed by atoms with E-state index in [0.717, 1.165) is 26.3 Å². The van der Waals surface area contributed by atoms with Crippen molar-refractivity contribution >= 4 is 9.84 Å². The zero-order valence-electron chi connectivity index (χ0n) is 9.56. The summed E-state index contributed by atoms with van der Waals surface area (Å²) in [6.07, 6.45) is 0. The highest BCUT2D eigenvalue weighted by Gasteiger charge is 2.61. The number of hydrogen-bond acceptors (Lipinski definition) is 4. The molecule has 2 heterocycles. The molecule has 0 aromatic rings. The molecule has 0 bridgehead atoms. The van der Waals surface area contributed by atoms with Gasteiger partial charge in [-0.1, -0.05) is 0 Å². The molecule has 0 amide bonds. The van der Waals surface area contributed by atoms with Gasteiger partial charge in [0.15, 0.2) is 9.84 Å². The fourth-order valence-electron chi connectivity index (χ4n) is 2.90. The van der Waals surface area contributed by atoms with Crippen LogP contribution in [-0.4, -0.2) is 55.7 Å². The van der Waals surface area contributed by atoms with Crippen LogP contribution in [0.4, 0.5) is 0 Å². The first-order valence-corrected chi connectivity index (χ1v) is 6.99. The van der Waals surface area contributed by atoms with E-state index in [4.69, 9.17) is 4.74 Å². The molecule has 2 rings (SSSR count). The van der Waals surface area contributed by atoms with Crippen molar-refractivity contribution < 1.29 is 13.2 Å². The third-order valence-electron chi connectivity index (χ3n) is 3.82. The van der Waals surface area contributed by atoms with Gasteiger partial charge in [0.2, 0.25) is 0 Å². The van der Waals surface area contributed by atoms with E-state index in [1.165, 1.54) is 0 Å². The SMILES string of the molecule is CC1C(N2CCOCC2)C(C)(C)S1(=O)=O. The van der Waals surface area contributed by atoms with E-state index in [1.54, 1.807) is 0 Å². The van der Waals surface area contributed by atoms with Crippen LogP contribution in [0.15, 0.2) is 0 Å². The highest BCUT2D eigenvalue weighted by atomic mass is 32.2. The molecule has 0 radical (unpaired) electrons. The minimum absolute atomic E-state index is 0.159. The lowest BCUT2D eigenvalue weighted by molar-refractivity contribution is 0.00280. The number of nitrogens with zero attached hydrogens (tertiary/aromatic N) is 1. The van der Waals surface area contributed by atoms with Gasteiger partial charge in [0, 0.05) is 19.1 Å². The van der Waals surface area contributed by atoms with E-state index in [2.05, 4.69) is 4.90 Å². The summed E-state index contributed by atoms with van der Waals surface area (Å²) in [6, 6.07) is 0.159. The molecule has 0 aliphatic carbocycles. The molecule has 2 fully saturated rings. The van der Waals surface area contributed by atoms with Gasteiger partial charge in [-0.3, -0.25) is 4.90 Å². The van der Waals surface area contributed by atoms with Crippen LogP contribution in [0.2, 0.25) is 0 Å². The highest BCUT2D eigenvalue weighted by Crippen LogP contribution is 2.43. The van der Waals surface area contributed by atoms with Crippen LogP contribution in [0.5, 0.6) is 0 Å². The molecule has 0 spiro atoms. The molecular weight excluding hydrogens is 214 g/mol. The average molecular weight is 233 g/mol. The Balaban J connectivity index is 2.17. The Morgan fingerprint density at radius 1 is 1.27 bits per heavy atom. The van der Waals surface area contributed by atoms with Crippen molar-refractivity contribution in [2.24, 2.45) is 0 Å². The molecule has 0 aromatic carbocycles. The first kappa shape index (κ1) is 11.4. The maximum Gasteiger partial charge on any atom is 0.161 e. The number of ether oxygens (including phenoxy) is 1. The smallest absolute Gasteiger partial charge is 0.161 e. The zero-order chi connectivity index (χ0) is 11.3. The molecule has 88 valence electrons. The Kier molecular flexibility index (Phi) is 2.60. The fraction of sp³-hybridized carbons (Fsp3) is 1.00. The van der Waals surface area contributed by atoms with Gasteiger partial charge >= 0.3 is 0 Å². The van der Waals surface area contributed by atoms with Crippen LogP contribution < -0.4 is 0 Å². The third kappa shape index (κ3) is 1.44. The lowest BCUT2D eigenvalue weighted by Gasteiger charge is -2.54. The van der Waals surface area contributed by atoms with Gasteiger partial charge in [-0.05, 0) is 20.8 Å². The maximum atomic E-state index is 11.9. The molecular formula is C10H19NO3S. The minimum Gasteiger partial charge on any atom is -0.379 e. The molecule has 2 aliphatic heterocycles. The van der Waals surface area contributed by atoms with Crippen molar-refractivity contribution in [2.45, 2.75) is 36.8 Å². The Labute approximate surface area is 91.5 Å². The van der Waals surface area contributed by atoms with Gasteiger partial charge in [0.25, 0.3) is 0 Å². The lowest BCUT2D eigenvalue weighted by Crippen LogP contribution is -2.72. The summed E-state index contributed by atoms with van der Waals surface area (Å²) in [5, 5.41) is -0.231. The predicted molar refractivity (Wildman–Crippen MR) is 58.6 cm³/mol. The van der Waals surface area contributed by atoms with Gasteiger partial charge in [-0.2, -0.15) is 0 Å². The molecule has 0 N–H and O–H groups in total. The van der Waals surface area contributed by atoms with Crippen LogP contribution in [0.25, 0.3) is 0 Å². The molecule has 5 heteroatoms. The monoisotopic (exact) mass is 233 g/mol. The molecule has 15 heavy (non-hydrogen) atoms. The Bertz CT molecular complexity index is 344. The highest BCUT2D eigenvalue weighted by molar-refractivity contribution is 7.95. The summed E-state index contributed by atoms with van der Waals surface area (Å²) < 4.78 is 28.4. The summed E-state index contributed by atoms with van der Waals surface area (Å²) in [5.41, 5.74) is 0. The van der Waals surface area contributed by atoms with Crippen LogP contribution in [-0.2, 0) is 14.6 Å². The predicted octanol–water partition coefficient (Wildman–Crippen LogP) is 0.283. The average Bonchev–Trinajstić information content (AvgIpc) is 2.19. The van der Waals surface area contributed by atoms with Crippen LogP contribution in [0.3, 0.4) is 0 Å². The summed E-state index contributed by atoms with van der Waals surface area (Å²) >= 11 is 0. The standard InChI is InChI=1S/C10H19NO3S/c1-8-9(10(2,3)15(8,12)13)11-4-6-14-7-5-11/h8-9H,4-7H2,1-3H3. The molecule has 4 nitrogen and oxygen atoms in total. The molecule has 0 aromatic heterocycles. The maximum absolute atomic E-state index is 11.9. The largest absolute Gasteiger partial charge is 0.379 e. The molecule has 2 saturated heterocycles. The van der Waals surface area contributed by atoms with E-state index in [9.17, 15) is 8.42 Å². The Morgan fingerprint density at radius 3 is 2.27 bits per heavy atom. The van der Waals surface area contributed by atoms with Crippen LogP contribution in [0, 0.1) is 0 Å². The Hall–Kier alpha value is -0.130. The van der Waals surface area contributed by atoms with E-state index >= 15 is 0 Å². The summed E-state index contributed by atoms with van der Waals surface area (Å²) in [5.74, 6) is 0. The second-order valence-electron chi connectivity index (χ2n) is 4.95. The normalized spacial score (nSPS) is 39.7. The minimum atomic E-state index is -2.92. The first-order chi connectivity index (χ1) is 6.89. The third-order valence-corrected chi connectivity index (χ3v) is 6.76. The number of morpholine rings is 1. The topological polar surface area (TPSA) is 46.6 Å². The van der Waals surface area contributed by atoms with Gasteiger partial charge in [0.05, 0.1) is 23.2 Å². The molecule has 0 saturated carbocycles. The summed E-state index contributed by atoms with van der Waals surface area (Å²) in [7, 11) is -2.92. The van der Waals surface area contributed by atoms with Crippen molar-refractivity contribution in [3.63, 3.8) is 0 Å². The molecule has 2 aliphatic rings. The number of hydrogen-bond donors (Lipinski definition) is 0. The van der Waals surface area contributed by atoms with Gasteiger partial charge in [-0.25, -0.2) is 8.42 Å². The Morgan fingerprint density at radius 2 is 1.80 bits per heavy atom. The van der Waals surface area contributed by atoms with Crippen molar-refractivity contribution in [2.75, 3.05) is 26.3 Å². The number of rotatable bonds is 1. The fourth-order valence-corrected chi connectivity index (χ4v) is 5.18. The van der Waals surface area contributed by atoms with Crippen LogP contribution in [0.1, 0.15) is 20.8 Å². The first-order valence-electron chi connectivity index (χ1n) is 5.44. The summed E-state index contributed by atoms with van der Waals surface area (Å²) in [4.78, 5) is 2.26. The zero-order valence-corrected chi connectivity index (χ0v) is 10.4. The van der Waals surface area contributed by atoms with Crippen molar-refractivity contribution in [1.29, 1.82) is 0 Å². The van der Waals surface area contributed by atoms with Gasteiger partial charge in [0.1, 0.15) is 0 Å². The second-order valence-corrected chi connectivity index (χ2v) is 7.83. The van der Waals surface area contributed by atoms with E-state index in [-0.39, 0.29) is 11.3 Å². The van der Waals surface area contributed by atoms with E-state index in [1.807, 2.05) is 20.8 Å². The molecule has 2 unspecified atom stereocenters. The van der Waals surface area contributed by atoms with E-state index < -0.39 is 14.6 Å². The van der Waals surface area contributed by atoms with Crippen LogP contribution >= 0.6 is 0 Å². The quantitative estimate of drug-likeness (QED) is 0.653.